The molecule has 1 spiro atoms. The van der Waals surface area contributed by atoms with Gasteiger partial charge in [0.15, 0.2) is 0 Å². The van der Waals surface area contributed by atoms with Crippen LogP contribution in [0, 0.1) is 11.3 Å². The number of nitrogens with one attached hydrogen (secondary N) is 2. The maximum atomic E-state index is 13.7. The molecule has 6 rings (SSSR count). The average Bonchev–Trinajstić information content (AvgIpc) is 3.42. The van der Waals surface area contributed by atoms with E-state index in [9.17, 15) is 18.4 Å². The summed E-state index contributed by atoms with van der Waals surface area (Å²) in [5.74, 6) is -3.10. The van der Waals surface area contributed by atoms with E-state index in [1.807, 2.05) is 35.2 Å². The summed E-state index contributed by atoms with van der Waals surface area (Å²) >= 11 is 0. The highest BCUT2D eigenvalue weighted by Crippen LogP contribution is 2.44. The van der Waals surface area contributed by atoms with E-state index in [0.717, 1.165) is 57.2 Å². The predicted octanol–water partition coefficient (Wildman–Crippen LogP) is 5.27. The van der Waals surface area contributed by atoms with Gasteiger partial charge in [-0.25, -0.2) is 13.6 Å². The van der Waals surface area contributed by atoms with Crippen molar-refractivity contribution in [2.75, 3.05) is 39.6 Å². The molecule has 1 aromatic carbocycles. The molecule has 4 heterocycles. The molecule has 1 saturated carbocycles. The lowest BCUT2D eigenvalue weighted by Crippen LogP contribution is -2.57. The number of amides is 3. The Labute approximate surface area is 260 Å². The molecular weight excluding hydrogens is 578 g/mol. The number of rotatable bonds is 9. The summed E-state index contributed by atoms with van der Waals surface area (Å²) in [5.41, 5.74) is 0.684. The van der Waals surface area contributed by atoms with Crippen LogP contribution in [0.5, 0.6) is 0 Å². The quantitative estimate of drug-likeness (QED) is 0.391. The molecule has 2 unspecified atom stereocenters. The molecule has 1 aliphatic carbocycles. The van der Waals surface area contributed by atoms with Gasteiger partial charge in [-0.15, -0.1) is 12.4 Å². The van der Waals surface area contributed by atoms with Crippen LogP contribution in [0.3, 0.4) is 0 Å². The van der Waals surface area contributed by atoms with E-state index in [1.165, 1.54) is 0 Å². The van der Waals surface area contributed by atoms with Crippen LogP contribution in [0.1, 0.15) is 82.7 Å². The van der Waals surface area contributed by atoms with Crippen molar-refractivity contribution in [1.82, 2.24) is 20.4 Å². The van der Waals surface area contributed by atoms with Crippen molar-refractivity contribution in [2.45, 2.75) is 101 Å². The molecule has 5 aliphatic rings. The van der Waals surface area contributed by atoms with Crippen LogP contribution in [0.15, 0.2) is 30.3 Å². The average molecular weight is 625 g/mol. The number of ether oxygens (including phenoxy) is 2. The van der Waals surface area contributed by atoms with Crippen LogP contribution in [-0.4, -0.2) is 84.9 Å². The minimum absolute atomic E-state index is 0. The molecule has 5 fully saturated rings. The fourth-order valence-electron chi connectivity index (χ4n) is 8.25. The van der Waals surface area contributed by atoms with Crippen molar-refractivity contribution in [2.24, 2.45) is 11.3 Å². The lowest BCUT2D eigenvalue weighted by molar-refractivity contribution is -0.169. The first kappa shape index (κ1) is 32.4. The molecule has 4 aliphatic heterocycles. The number of hydrogen-bond donors (Lipinski definition) is 2. The van der Waals surface area contributed by atoms with Crippen molar-refractivity contribution in [3.8, 4) is 0 Å². The molecule has 240 valence electrons. The second-order valence-corrected chi connectivity index (χ2v) is 13.7. The highest BCUT2D eigenvalue weighted by atomic mass is 35.5. The zero-order valence-corrected chi connectivity index (χ0v) is 26.0. The van der Waals surface area contributed by atoms with E-state index in [4.69, 9.17) is 9.47 Å². The molecule has 2 bridgehead atoms. The summed E-state index contributed by atoms with van der Waals surface area (Å²) < 4.78 is 38.6. The van der Waals surface area contributed by atoms with Crippen molar-refractivity contribution in [1.29, 1.82) is 0 Å². The van der Waals surface area contributed by atoms with Crippen molar-refractivity contribution in [3.05, 3.63) is 35.9 Å². The minimum atomic E-state index is -2.65. The highest BCUT2D eigenvalue weighted by Gasteiger charge is 2.54. The first-order valence-electron chi connectivity index (χ1n) is 15.9. The number of carbonyl (C=O) groups excluding carboxylic acids is 2. The SMILES string of the molecule is CCC1(CN2CC3(CC4CCC(C3)N4CC[C@H](NC(=O)C3CCC(F)(F)CC3)c3ccccc3)NC2=O)COCOC1.Cl. The fourth-order valence-corrected chi connectivity index (χ4v) is 8.25. The van der Waals surface area contributed by atoms with Crippen LogP contribution in [0.4, 0.5) is 13.6 Å². The maximum absolute atomic E-state index is 13.7. The molecule has 11 heteroatoms. The van der Waals surface area contributed by atoms with Crippen LogP contribution in [0.2, 0.25) is 0 Å². The number of halogens is 3. The van der Waals surface area contributed by atoms with Gasteiger partial charge in [-0.2, -0.15) is 0 Å². The molecule has 4 saturated heterocycles. The topological polar surface area (TPSA) is 83.1 Å². The molecule has 2 N–H and O–H groups in total. The monoisotopic (exact) mass is 624 g/mol. The zero-order valence-electron chi connectivity index (χ0n) is 25.2. The molecular formula is C32H47ClF2N4O4. The summed E-state index contributed by atoms with van der Waals surface area (Å²) in [6, 6.07) is 10.6. The number of urea groups is 1. The van der Waals surface area contributed by atoms with Gasteiger partial charge >= 0.3 is 6.03 Å². The Balaban J connectivity index is 0.00000368. The van der Waals surface area contributed by atoms with Gasteiger partial charge in [0.2, 0.25) is 11.8 Å². The number of nitrogens with zero attached hydrogens (tertiary/aromatic N) is 2. The molecule has 8 nitrogen and oxygen atoms in total. The Bertz CT molecular complexity index is 1100. The van der Waals surface area contributed by atoms with Gasteiger partial charge in [0.05, 0.1) is 24.8 Å². The van der Waals surface area contributed by atoms with Gasteiger partial charge in [-0.05, 0) is 56.9 Å². The van der Waals surface area contributed by atoms with Crippen molar-refractivity contribution >= 4 is 24.3 Å². The van der Waals surface area contributed by atoms with Crippen molar-refractivity contribution in [3.63, 3.8) is 0 Å². The maximum Gasteiger partial charge on any atom is 0.317 e. The van der Waals surface area contributed by atoms with Gasteiger partial charge in [0.1, 0.15) is 6.79 Å². The summed E-state index contributed by atoms with van der Waals surface area (Å²) in [6.07, 6.45) is 5.78. The van der Waals surface area contributed by atoms with Gasteiger partial charge in [-0.3, -0.25) is 9.69 Å². The third-order valence-electron chi connectivity index (χ3n) is 10.7. The van der Waals surface area contributed by atoms with Crippen LogP contribution in [-0.2, 0) is 14.3 Å². The summed E-state index contributed by atoms with van der Waals surface area (Å²) in [7, 11) is 0. The summed E-state index contributed by atoms with van der Waals surface area (Å²) in [5, 5.41) is 6.63. The van der Waals surface area contributed by atoms with Gasteiger partial charge < -0.3 is 25.0 Å². The van der Waals surface area contributed by atoms with Gasteiger partial charge in [-0.1, -0.05) is 37.3 Å². The summed E-state index contributed by atoms with van der Waals surface area (Å²) in [4.78, 5) is 30.9. The number of benzene rings is 1. The van der Waals surface area contributed by atoms with E-state index >= 15 is 0 Å². The van der Waals surface area contributed by atoms with Crippen molar-refractivity contribution < 1.29 is 27.8 Å². The van der Waals surface area contributed by atoms with Crippen LogP contribution < -0.4 is 10.6 Å². The van der Waals surface area contributed by atoms with Crippen LogP contribution in [0.25, 0.3) is 0 Å². The third kappa shape index (κ3) is 7.13. The Morgan fingerprint density at radius 2 is 1.72 bits per heavy atom. The van der Waals surface area contributed by atoms with E-state index in [2.05, 4.69) is 22.5 Å². The lowest BCUT2D eigenvalue weighted by atomic mass is 9.82. The third-order valence-corrected chi connectivity index (χ3v) is 10.7. The first-order valence-corrected chi connectivity index (χ1v) is 15.9. The largest absolute Gasteiger partial charge is 0.355 e. The lowest BCUT2D eigenvalue weighted by Gasteiger charge is -2.45. The molecule has 3 atom stereocenters. The van der Waals surface area contributed by atoms with Crippen LogP contribution >= 0.6 is 12.4 Å². The van der Waals surface area contributed by atoms with E-state index in [1.54, 1.807) is 0 Å². The Morgan fingerprint density at radius 3 is 2.35 bits per heavy atom. The molecule has 1 aromatic rings. The number of hydrogen-bond acceptors (Lipinski definition) is 5. The molecule has 0 radical (unpaired) electrons. The second kappa shape index (κ2) is 13.2. The Kier molecular flexibility index (Phi) is 9.90. The highest BCUT2D eigenvalue weighted by molar-refractivity contribution is 5.85. The molecule has 3 amide bonds. The van der Waals surface area contributed by atoms with E-state index in [0.29, 0.717) is 38.6 Å². The van der Waals surface area contributed by atoms with Gasteiger partial charge in [0.25, 0.3) is 0 Å². The number of alkyl halides is 2. The first-order chi connectivity index (χ1) is 20.2. The second-order valence-electron chi connectivity index (χ2n) is 13.7. The zero-order chi connectivity index (χ0) is 29.4. The Morgan fingerprint density at radius 1 is 1.07 bits per heavy atom. The summed E-state index contributed by atoms with van der Waals surface area (Å²) in [6.45, 7) is 5.91. The molecule has 43 heavy (non-hydrogen) atoms. The minimum Gasteiger partial charge on any atom is -0.355 e. The normalized spacial score (nSPS) is 31.0. The number of carbonyl (C=O) groups is 2. The predicted molar refractivity (Wildman–Crippen MR) is 161 cm³/mol. The number of piperidine rings is 1. The standard InChI is InChI=1S/C32H46F2N4O4.ClH/c1-2-30(20-41-22-42-21-30)18-37-19-31(36-29(37)40)16-25-8-9-26(17-31)38(25)15-12-27(23-6-4-3-5-7-23)35-28(39)24-10-13-32(33,34)14-11-24;/h3-7,24-27H,2,8-22H2,1H3,(H,35,39)(H,36,40);1H/t25?,26?,27-,31?;/m0./s1. The van der Waals surface area contributed by atoms with E-state index in [-0.39, 0.29) is 72.9 Å². The smallest absolute Gasteiger partial charge is 0.317 e. The van der Waals surface area contributed by atoms with E-state index < -0.39 is 5.92 Å². The van der Waals surface area contributed by atoms with Gasteiger partial charge in [0, 0.05) is 55.9 Å². The fraction of sp³-hybridized carbons (Fsp3) is 0.750. The molecule has 0 aromatic heterocycles. The number of fused-ring (bicyclic) bond motifs is 2. The Hall–Kier alpha value is -2.01.